The number of aryl methyl sites for hydroxylation is 1. The van der Waals surface area contributed by atoms with Gasteiger partial charge in [0.25, 0.3) is 0 Å². The van der Waals surface area contributed by atoms with Crippen LogP contribution >= 0.6 is 0 Å². The fourth-order valence-electron chi connectivity index (χ4n) is 1.73. The molecule has 3 nitrogen and oxygen atoms in total. The zero-order valence-corrected chi connectivity index (χ0v) is 10.5. The fourth-order valence-corrected chi connectivity index (χ4v) is 1.73. The van der Waals surface area contributed by atoms with Crippen molar-refractivity contribution in [3.63, 3.8) is 0 Å². The van der Waals surface area contributed by atoms with Gasteiger partial charge in [0.05, 0.1) is 5.69 Å². The van der Waals surface area contributed by atoms with E-state index in [-0.39, 0.29) is 24.4 Å². The Bertz CT molecular complexity index is 536. The van der Waals surface area contributed by atoms with Crippen LogP contribution in [0.2, 0.25) is 0 Å². The highest BCUT2D eigenvalue weighted by atomic mass is 19.1. The Kier molecular flexibility index (Phi) is 4.06. The van der Waals surface area contributed by atoms with Gasteiger partial charge in [0.2, 0.25) is 0 Å². The Morgan fingerprint density at radius 2 is 1.95 bits per heavy atom. The van der Waals surface area contributed by atoms with Gasteiger partial charge in [0.15, 0.2) is 0 Å². The van der Waals surface area contributed by atoms with Crippen molar-refractivity contribution in [1.82, 2.24) is 10.3 Å². The van der Waals surface area contributed by atoms with Crippen LogP contribution in [0, 0.1) is 18.6 Å². The van der Waals surface area contributed by atoms with Crippen molar-refractivity contribution in [1.29, 1.82) is 0 Å². The molecule has 0 fully saturated rings. The molecule has 0 spiro atoms. The molecule has 5 heteroatoms. The molecule has 0 aliphatic carbocycles. The fraction of sp³-hybridized carbons (Fsp3) is 0.214. The number of benzene rings is 1. The third-order valence-corrected chi connectivity index (χ3v) is 2.71. The molecule has 0 unspecified atom stereocenters. The highest BCUT2D eigenvalue weighted by Gasteiger charge is 2.06. The summed E-state index contributed by atoms with van der Waals surface area (Å²) in [6.07, 6.45) is 0. The summed E-state index contributed by atoms with van der Waals surface area (Å²) >= 11 is 0. The van der Waals surface area contributed by atoms with Crippen molar-refractivity contribution in [3.05, 3.63) is 58.9 Å². The summed E-state index contributed by atoms with van der Waals surface area (Å²) in [7, 11) is 0. The largest absolute Gasteiger partial charge is 0.506 e. The Labute approximate surface area is 109 Å². The van der Waals surface area contributed by atoms with E-state index in [4.69, 9.17) is 0 Å². The van der Waals surface area contributed by atoms with Gasteiger partial charge in [0, 0.05) is 24.3 Å². The number of aromatic hydroxyl groups is 1. The van der Waals surface area contributed by atoms with Crippen LogP contribution in [0.3, 0.4) is 0 Å². The average Bonchev–Trinajstić information content (AvgIpc) is 2.38. The number of hydrogen-bond donors (Lipinski definition) is 2. The maximum absolute atomic E-state index is 13.4. The number of halogens is 2. The zero-order chi connectivity index (χ0) is 13.8. The van der Waals surface area contributed by atoms with Crippen molar-refractivity contribution in [2.45, 2.75) is 20.0 Å². The molecule has 19 heavy (non-hydrogen) atoms. The highest BCUT2D eigenvalue weighted by Crippen LogP contribution is 2.15. The summed E-state index contributed by atoms with van der Waals surface area (Å²) in [5.74, 6) is -0.858. The number of rotatable bonds is 4. The molecule has 0 aliphatic heterocycles. The lowest BCUT2D eigenvalue weighted by Gasteiger charge is -2.08. The van der Waals surface area contributed by atoms with Crippen LogP contribution in [-0.2, 0) is 13.1 Å². The Morgan fingerprint density at radius 1 is 1.16 bits per heavy atom. The third-order valence-electron chi connectivity index (χ3n) is 2.71. The van der Waals surface area contributed by atoms with Crippen LogP contribution in [0.4, 0.5) is 8.78 Å². The van der Waals surface area contributed by atoms with Crippen LogP contribution in [0.5, 0.6) is 5.75 Å². The molecule has 0 aliphatic rings. The second-order valence-electron chi connectivity index (χ2n) is 4.26. The van der Waals surface area contributed by atoms with E-state index < -0.39 is 11.6 Å². The molecule has 0 bridgehead atoms. The Hall–Kier alpha value is -2.01. The quantitative estimate of drug-likeness (QED) is 0.892. The van der Waals surface area contributed by atoms with Gasteiger partial charge in [-0.1, -0.05) is 0 Å². The molecule has 1 aromatic carbocycles. The third kappa shape index (κ3) is 3.48. The van der Waals surface area contributed by atoms with Crippen LogP contribution in [0.25, 0.3) is 0 Å². The van der Waals surface area contributed by atoms with Gasteiger partial charge in [-0.3, -0.25) is 4.98 Å². The summed E-state index contributed by atoms with van der Waals surface area (Å²) in [6.45, 7) is 2.26. The van der Waals surface area contributed by atoms with E-state index in [1.165, 1.54) is 0 Å². The van der Waals surface area contributed by atoms with Gasteiger partial charge in [-0.05, 0) is 37.3 Å². The molecule has 2 rings (SSSR count). The van der Waals surface area contributed by atoms with Crippen LogP contribution in [0.15, 0.2) is 30.3 Å². The van der Waals surface area contributed by atoms with Crippen LogP contribution in [-0.4, -0.2) is 10.1 Å². The maximum atomic E-state index is 13.4. The van der Waals surface area contributed by atoms with E-state index in [0.717, 1.165) is 23.9 Å². The lowest BCUT2D eigenvalue weighted by molar-refractivity contribution is 0.458. The summed E-state index contributed by atoms with van der Waals surface area (Å²) in [5.41, 5.74) is 1.51. The second kappa shape index (κ2) is 5.75. The Morgan fingerprint density at radius 3 is 2.74 bits per heavy atom. The Balaban J connectivity index is 2.00. The van der Waals surface area contributed by atoms with E-state index in [1.807, 2.05) is 6.92 Å². The van der Waals surface area contributed by atoms with E-state index in [2.05, 4.69) is 10.3 Å². The minimum Gasteiger partial charge on any atom is -0.506 e. The number of nitrogens with one attached hydrogen (secondary N) is 1. The zero-order valence-electron chi connectivity index (χ0n) is 10.5. The molecule has 0 amide bonds. The van der Waals surface area contributed by atoms with Gasteiger partial charge in [-0.15, -0.1) is 0 Å². The van der Waals surface area contributed by atoms with Gasteiger partial charge >= 0.3 is 0 Å². The lowest BCUT2D eigenvalue weighted by Crippen LogP contribution is -2.15. The van der Waals surface area contributed by atoms with E-state index in [9.17, 15) is 13.9 Å². The molecular formula is C14H14F2N2O. The SMILES string of the molecule is Cc1ccc(O)c(CNCc2cc(F)ccc2F)n1. The van der Waals surface area contributed by atoms with Crippen molar-refractivity contribution >= 4 is 0 Å². The first-order valence-electron chi connectivity index (χ1n) is 5.86. The molecule has 1 aromatic heterocycles. The molecule has 2 aromatic rings. The van der Waals surface area contributed by atoms with Crippen molar-refractivity contribution < 1.29 is 13.9 Å². The van der Waals surface area contributed by atoms with Crippen LogP contribution < -0.4 is 5.32 Å². The molecule has 0 radical (unpaired) electrons. The lowest BCUT2D eigenvalue weighted by atomic mass is 10.2. The van der Waals surface area contributed by atoms with Gasteiger partial charge in [-0.2, -0.15) is 0 Å². The van der Waals surface area contributed by atoms with Crippen LogP contribution in [0.1, 0.15) is 17.0 Å². The van der Waals surface area contributed by atoms with Gasteiger partial charge < -0.3 is 10.4 Å². The number of hydrogen-bond acceptors (Lipinski definition) is 3. The monoisotopic (exact) mass is 264 g/mol. The smallest absolute Gasteiger partial charge is 0.138 e. The molecule has 100 valence electrons. The first kappa shape index (κ1) is 13.4. The van der Waals surface area contributed by atoms with Crippen molar-refractivity contribution in [2.75, 3.05) is 0 Å². The predicted octanol–water partition coefficient (Wildman–Crippen LogP) is 2.66. The maximum Gasteiger partial charge on any atom is 0.138 e. The summed E-state index contributed by atoms with van der Waals surface area (Å²) < 4.78 is 26.3. The van der Waals surface area contributed by atoms with Gasteiger partial charge in [-0.25, -0.2) is 8.78 Å². The number of pyridine rings is 1. The molecule has 2 N–H and O–H groups in total. The molecule has 0 saturated heterocycles. The molecule has 1 heterocycles. The highest BCUT2D eigenvalue weighted by molar-refractivity contribution is 5.27. The summed E-state index contributed by atoms with van der Waals surface area (Å²) in [4.78, 5) is 4.16. The number of aromatic nitrogens is 1. The molecule has 0 saturated carbocycles. The standard InChI is InChI=1S/C14H14F2N2O/c1-9-2-5-14(19)13(18-9)8-17-7-10-6-11(15)3-4-12(10)16/h2-6,17,19H,7-8H2,1H3. The topological polar surface area (TPSA) is 45.1 Å². The van der Waals surface area contributed by atoms with Gasteiger partial charge in [0.1, 0.15) is 17.4 Å². The minimum atomic E-state index is -0.477. The van der Waals surface area contributed by atoms with Crippen molar-refractivity contribution in [3.8, 4) is 5.75 Å². The predicted molar refractivity (Wildman–Crippen MR) is 67.5 cm³/mol. The van der Waals surface area contributed by atoms with E-state index >= 15 is 0 Å². The molecule has 0 atom stereocenters. The summed E-state index contributed by atoms with van der Waals surface area (Å²) in [6, 6.07) is 6.57. The molecular weight excluding hydrogens is 250 g/mol. The first-order chi connectivity index (χ1) is 9.06. The van der Waals surface area contributed by atoms with E-state index in [1.54, 1.807) is 12.1 Å². The van der Waals surface area contributed by atoms with E-state index in [0.29, 0.717) is 5.69 Å². The first-order valence-corrected chi connectivity index (χ1v) is 5.86. The van der Waals surface area contributed by atoms with Crippen molar-refractivity contribution in [2.24, 2.45) is 0 Å². The normalized spacial score (nSPS) is 10.7. The second-order valence-corrected chi connectivity index (χ2v) is 4.26. The summed E-state index contributed by atoms with van der Waals surface area (Å²) in [5, 5.41) is 12.5. The average molecular weight is 264 g/mol. The number of nitrogens with zero attached hydrogens (tertiary/aromatic N) is 1. The minimum absolute atomic E-state index is 0.0813.